The minimum atomic E-state index is 0.369. The summed E-state index contributed by atoms with van der Waals surface area (Å²) in [6.45, 7) is 7.74. The molecule has 1 aromatic rings. The van der Waals surface area contributed by atoms with Crippen LogP contribution in [0.2, 0.25) is 0 Å². The molecule has 94 valence electrons. The molecule has 17 heavy (non-hydrogen) atoms. The van der Waals surface area contributed by atoms with Crippen LogP contribution in [0.1, 0.15) is 27.2 Å². The van der Waals surface area contributed by atoms with Crippen molar-refractivity contribution in [3.8, 4) is 0 Å². The van der Waals surface area contributed by atoms with E-state index in [2.05, 4.69) is 36.2 Å². The van der Waals surface area contributed by atoms with Gasteiger partial charge in [-0.3, -0.25) is 9.67 Å². The smallest absolute Gasteiger partial charge is 0.162 e. The first kappa shape index (κ1) is 12.5. The highest BCUT2D eigenvalue weighted by atomic mass is 32.2. The molecule has 0 aliphatic carbocycles. The third-order valence-electron chi connectivity index (χ3n) is 2.51. The first-order chi connectivity index (χ1) is 7.92. The fourth-order valence-electron chi connectivity index (χ4n) is 1.87. The number of amidine groups is 1. The summed E-state index contributed by atoms with van der Waals surface area (Å²) in [6.07, 6.45) is 3.11. The highest BCUT2D eigenvalue weighted by molar-refractivity contribution is 8.15. The second-order valence-electron chi connectivity index (χ2n) is 5.65. The van der Waals surface area contributed by atoms with Crippen molar-refractivity contribution in [2.75, 3.05) is 11.9 Å². The maximum absolute atomic E-state index is 4.53. The van der Waals surface area contributed by atoms with E-state index in [1.54, 1.807) is 4.68 Å². The summed E-state index contributed by atoms with van der Waals surface area (Å²) in [7, 11) is 1.91. The van der Waals surface area contributed by atoms with E-state index in [9.17, 15) is 0 Å². The third-order valence-corrected chi connectivity index (χ3v) is 3.61. The molecule has 0 radical (unpaired) electrons. The molecule has 1 atom stereocenters. The van der Waals surface area contributed by atoms with Crippen molar-refractivity contribution in [3.05, 3.63) is 12.3 Å². The fourth-order valence-corrected chi connectivity index (χ4v) is 3.23. The van der Waals surface area contributed by atoms with Crippen LogP contribution in [0.25, 0.3) is 0 Å². The molecule has 4 nitrogen and oxygen atoms in total. The highest BCUT2D eigenvalue weighted by Crippen LogP contribution is 2.32. The van der Waals surface area contributed by atoms with Gasteiger partial charge >= 0.3 is 0 Å². The molecular weight excluding hydrogens is 232 g/mol. The second kappa shape index (κ2) is 4.72. The molecule has 0 aromatic carbocycles. The maximum atomic E-state index is 4.53. The Morgan fingerprint density at radius 3 is 2.88 bits per heavy atom. The quantitative estimate of drug-likeness (QED) is 0.880. The van der Waals surface area contributed by atoms with Gasteiger partial charge in [-0.1, -0.05) is 32.5 Å². The molecule has 5 heteroatoms. The van der Waals surface area contributed by atoms with Crippen molar-refractivity contribution >= 4 is 22.7 Å². The molecule has 0 saturated heterocycles. The van der Waals surface area contributed by atoms with Crippen molar-refractivity contribution in [3.63, 3.8) is 0 Å². The molecule has 1 N–H and O–H groups in total. The van der Waals surface area contributed by atoms with Gasteiger partial charge in [-0.15, -0.1) is 0 Å². The van der Waals surface area contributed by atoms with Crippen LogP contribution < -0.4 is 5.32 Å². The van der Waals surface area contributed by atoms with Crippen molar-refractivity contribution in [1.82, 2.24) is 9.78 Å². The van der Waals surface area contributed by atoms with Crippen molar-refractivity contribution in [2.45, 2.75) is 32.4 Å². The third kappa shape index (κ3) is 3.77. The van der Waals surface area contributed by atoms with Gasteiger partial charge in [0, 0.05) is 24.6 Å². The number of nitrogens with one attached hydrogen (secondary N) is 1. The standard InChI is InChI=1S/C12H20N4S/c1-12(2,3)7-9-8-13-11(17-9)14-10-5-6-16(4)15-10/h5-6,9H,7-8H2,1-4H3,(H,13,14,15). The first-order valence-electron chi connectivity index (χ1n) is 5.90. The van der Waals surface area contributed by atoms with Crippen LogP contribution >= 0.6 is 11.8 Å². The van der Waals surface area contributed by atoms with Crippen LogP contribution in [0.5, 0.6) is 0 Å². The summed E-state index contributed by atoms with van der Waals surface area (Å²) in [5.41, 5.74) is 0.369. The van der Waals surface area contributed by atoms with Crippen LogP contribution in [0.3, 0.4) is 0 Å². The van der Waals surface area contributed by atoms with Crippen molar-refractivity contribution in [2.24, 2.45) is 17.5 Å². The van der Waals surface area contributed by atoms with Crippen LogP contribution in [0.15, 0.2) is 17.3 Å². The lowest BCUT2D eigenvalue weighted by Crippen LogP contribution is -2.16. The Bertz CT molecular complexity index is 416. The van der Waals surface area contributed by atoms with E-state index in [0.717, 1.165) is 17.5 Å². The number of anilines is 1. The molecule has 1 aromatic heterocycles. The van der Waals surface area contributed by atoms with Gasteiger partial charge in [0.15, 0.2) is 11.0 Å². The van der Waals surface area contributed by atoms with Gasteiger partial charge in [0.1, 0.15) is 0 Å². The Hall–Kier alpha value is -0.970. The van der Waals surface area contributed by atoms with E-state index in [0.29, 0.717) is 10.7 Å². The summed E-state index contributed by atoms with van der Waals surface area (Å²) in [6, 6.07) is 1.96. The number of hydrogen-bond donors (Lipinski definition) is 1. The molecule has 0 fully saturated rings. The van der Waals surface area contributed by atoms with Gasteiger partial charge in [-0.05, 0) is 11.8 Å². The number of aryl methyl sites for hydroxylation is 1. The molecule has 2 heterocycles. The van der Waals surface area contributed by atoms with Gasteiger partial charge in [-0.2, -0.15) is 5.10 Å². The summed E-state index contributed by atoms with van der Waals surface area (Å²) < 4.78 is 1.79. The lowest BCUT2D eigenvalue weighted by molar-refractivity contribution is 0.375. The van der Waals surface area contributed by atoms with Crippen LogP contribution in [0, 0.1) is 5.41 Å². The number of aliphatic imine (C=N–C) groups is 1. The SMILES string of the molecule is Cn1ccc(NC2=NCC(CC(C)(C)C)S2)n1. The average Bonchev–Trinajstić information content (AvgIpc) is 2.74. The van der Waals surface area contributed by atoms with Gasteiger partial charge < -0.3 is 5.32 Å². The topological polar surface area (TPSA) is 42.2 Å². The Morgan fingerprint density at radius 1 is 1.53 bits per heavy atom. The molecule has 0 amide bonds. The zero-order valence-electron chi connectivity index (χ0n) is 10.9. The minimum absolute atomic E-state index is 0.369. The Kier molecular flexibility index (Phi) is 3.47. The van der Waals surface area contributed by atoms with Crippen LogP contribution in [-0.4, -0.2) is 26.7 Å². The van der Waals surface area contributed by atoms with Crippen LogP contribution in [0.4, 0.5) is 5.82 Å². The Morgan fingerprint density at radius 2 is 2.29 bits per heavy atom. The summed E-state index contributed by atoms with van der Waals surface area (Å²) in [5, 5.41) is 9.14. The Labute approximate surface area is 107 Å². The number of thioether (sulfide) groups is 1. The van der Waals surface area contributed by atoms with E-state index in [-0.39, 0.29) is 0 Å². The number of rotatable bonds is 2. The largest absolute Gasteiger partial charge is 0.318 e. The average molecular weight is 252 g/mol. The minimum Gasteiger partial charge on any atom is -0.318 e. The van der Waals surface area contributed by atoms with Gasteiger partial charge in [-0.25, -0.2) is 0 Å². The molecular formula is C12H20N4S. The van der Waals surface area contributed by atoms with E-state index < -0.39 is 0 Å². The molecule has 1 aliphatic heterocycles. The Balaban J connectivity index is 1.85. The first-order valence-corrected chi connectivity index (χ1v) is 6.78. The lowest BCUT2D eigenvalue weighted by atomic mass is 9.90. The maximum Gasteiger partial charge on any atom is 0.162 e. The lowest BCUT2D eigenvalue weighted by Gasteiger charge is -2.21. The molecule has 0 saturated carbocycles. The molecule has 2 rings (SSSR count). The molecule has 0 spiro atoms. The van der Waals surface area contributed by atoms with Gasteiger partial charge in [0.2, 0.25) is 0 Å². The van der Waals surface area contributed by atoms with Gasteiger partial charge in [0.05, 0.1) is 6.54 Å². The number of hydrogen-bond acceptors (Lipinski definition) is 4. The number of aromatic nitrogens is 2. The molecule has 0 bridgehead atoms. The van der Waals surface area contributed by atoms with E-state index >= 15 is 0 Å². The van der Waals surface area contributed by atoms with E-state index in [1.165, 1.54) is 6.42 Å². The monoisotopic (exact) mass is 252 g/mol. The zero-order chi connectivity index (χ0) is 12.5. The predicted octanol–water partition coefficient (Wildman–Crippen LogP) is 2.74. The second-order valence-corrected chi connectivity index (χ2v) is 6.94. The summed E-state index contributed by atoms with van der Waals surface area (Å²) in [4.78, 5) is 4.53. The van der Waals surface area contributed by atoms with Crippen LogP contribution in [-0.2, 0) is 7.05 Å². The van der Waals surface area contributed by atoms with Gasteiger partial charge in [0.25, 0.3) is 0 Å². The predicted molar refractivity (Wildman–Crippen MR) is 74.6 cm³/mol. The summed E-state index contributed by atoms with van der Waals surface area (Å²) >= 11 is 1.83. The van der Waals surface area contributed by atoms with E-state index in [1.807, 2.05) is 31.1 Å². The normalized spacial score (nSPS) is 20.5. The molecule has 1 aliphatic rings. The zero-order valence-corrected chi connectivity index (χ0v) is 11.7. The highest BCUT2D eigenvalue weighted by Gasteiger charge is 2.25. The number of nitrogens with zero attached hydrogens (tertiary/aromatic N) is 3. The van der Waals surface area contributed by atoms with Crippen molar-refractivity contribution < 1.29 is 0 Å². The molecule has 1 unspecified atom stereocenters. The van der Waals surface area contributed by atoms with E-state index in [4.69, 9.17) is 0 Å². The summed E-state index contributed by atoms with van der Waals surface area (Å²) in [5.74, 6) is 0.871. The van der Waals surface area contributed by atoms with Crippen molar-refractivity contribution in [1.29, 1.82) is 0 Å². The fraction of sp³-hybridized carbons (Fsp3) is 0.667.